The van der Waals surface area contributed by atoms with Gasteiger partial charge in [0.15, 0.2) is 11.0 Å². The van der Waals surface area contributed by atoms with E-state index in [4.69, 9.17) is 0 Å². The lowest BCUT2D eigenvalue weighted by molar-refractivity contribution is -0.113. The van der Waals surface area contributed by atoms with Crippen LogP contribution in [0, 0.1) is 0 Å². The Morgan fingerprint density at radius 2 is 2.08 bits per heavy atom. The second kappa shape index (κ2) is 7.59. The van der Waals surface area contributed by atoms with Gasteiger partial charge in [0.1, 0.15) is 0 Å². The SMILES string of the molecule is Cn1c(SCC(=O)Nc2ccccc2Br)nnc1-c1cccnc1. The Morgan fingerprint density at radius 1 is 1.25 bits per heavy atom. The van der Waals surface area contributed by atoms with Gasteiger partial charge in [-0.1, -0.05) is 23.9 Å². The lowest BCUT2D eigenvalue weighted by Gasteiger charge is -2.07. The third-order valence-electron chi connectivity index (χ3n) is 3.23. The van der Waals surface area contributed by atoms with Crippen molar-refractivity contribution in [2.45, 2.75) is 5.16 Å². The fourth-order valence-electron chi connectivity index (χ4n) is 2.07. The van der Waals surface area contributed by atoms with Crippen molar-refractivity contribution in [1.82, 2.24) is 19.7 Å². The number of halogens is 1. The zero-order valence-electron chi connectivity index (χ0n) is 12.8. The van der Waals surface area contributed by atoms with Crippen molar-refractivity contribution in [2.75, 3.05) is 11.1 Å². The van der Waals surface area contributed by atoms with Crippen LogP contribution in [0.2, 0.25) is 0 Å². The highest BCUT2D eigenvalue weighted by Crippen LogP contribution is 2.24. The molecule has 8 heteroatoms. The monoisotopic (exact) mass is 403 g/mol. The number of thioether (sulfide) groups is 1. The quantitative estimate of drug-likeness (QED) is 0.661. The van der Waals surface area contributed by atoms with E-state index in [2.05, 4.69) is 36.4 Å². The molecule has 0 unspecified atom stereocenters. The molecule has 0 atom stereocenters. The zero-order chi connectivity index (χ0) is 16.9. The maximum absolute atomic E-state index is 12.1. The van der Waals surface area contributed by atoms with Crippen LogP contribution in [0.25, 0.3) is 11.4 Å². The van der Waals surface area contributed by atoms with E-state index in [1.807, 2.05) is 48.0 Å². The lowest BCUT2D eigenvalue weighted by atomic mass is 10.3. The van der Waals surface area contributed by atoms with Crippen molar-refractivity contribution in [1.29, 1.82) is 0 Å². The molecule has 6 nitrogen and oxygen atoms in total. The van der Waals surface area contributed by atoms with Gasteiger partial charge in [0.05, 0.1) is 11.4 Å². The maximum atomic E-state index is 12.1. The van der Waals surface area contributed by atoms with Gasteiger partial charge in [0, 0.05) is 29.5 Å². The van der Waals surface area contributed by atoms with Crippen LogP contribution in [0.3, 0.4) is 0 Å². The van der Waals surface area contributed by atoms with Crippen LogP contribution in [-0.2, 0) is 11.8 Å². The van der Waals surface area contributed by atoms with Crippen LogP contribution in [0.4, 0.5) is 5.69 Å². The molecule has 0 saturated heterocycles. The summed E-state index contributed by atoms with van der Waals surface area (Å²) in [4.78, 5) is 16.2. The molecular formula is C16H14BrN5OS. The number of anilines is 1. The summed E-state index contributed by atoms with van der Waals surface area (Å²) in [7, 11) is 1.87. The highest BCUT2D eigenvalue weighted by atomic mass is 79.9. The second-order valence-corrected chi connectivity index (χ2v) is 6.72. The number of nitrogens with zero attached hydrogens (tertiary/aromatic N) is 4. The summed E-state index contributed by atoms with van der Waals surface area (Å²) < 4.78 is 2.70. The number of carbonyl (C=O) groups excluding carboxylic acids is 1. The Kier molecular flexibility index (Phi) is 5.27. The van der Waals surface area contributed by atoms with E-state index in [-0.39, 0.29) is 11.7 Å². The number of pyridine rings is 1. The Morgan fingerprint density at radius 3 is 2.83 bits per heavy atom. The molecule has 122 valence electrons. The van der Waals surface area contributed by atoms with E-state index in [1.54, 1.807) is 12.4 Å². The van der Waals surface area contributed by atoms with E-state index in [0.717, 1.165) is 21.5 Å². The van der Waals surface area contributed by atoms with Crippen molar-refractivity contribution in [3.63, 3.8) is 0 Å². The molecule has 2 heterocycles. The fraction of sp³-hybridized carbons (Fsp3) is 0.125. The average molecular weight is 404 g/mol. The molecule has 3 aromatic rings. The van der Waals surface area contributed by atoms with Crippen LogP contribution in [-0.4, -0.2) is 31.4 Å². The van der Waals surface area contributed by atoms with Gasteiger partial charge >= 0.3 is 0 Å². The summed E-state index contributed by atoms with van der Waals surface area (Å²) in [5, 5.41) is 11.9. The third kappa shape index (κ3) is 3.82. The number of para-hydroxylation sites is 1. The Hall–Kier alpha value is -2.19. The van der Waals surface area contributed by atoms with Crippen molar-refractivity contribution in [3.05, 3.63) is 53.3 Å². The molecule has 0 bridgehead atoms. The first-order valence-electron chi connectivity index (χ1n) is 7.12. The number of rotatable bonds is 5. The molecule has 0 radical (unpaired) electrons. The molecule has 0 aliphatic heterocycles. The summed E-state index contributed by atoms with van der Waals surface area (Å²) in [6.07, 6.45) is 3.44. The van der Waals surface area contributed by atoms with Crippen LogP contribution in [0.15, 0.2) is 58.4 Å². The van der Waals surface area contributed by atoms with Gasteiger partial charge in [-0.15, -0.1) is 10.2 Å². The summed E-state index contributed by atoms with van der Waals surface area (Å²) >= 11 is 4.75. The Bertz CT molecular complexity index is 853. The first kappa shape index (κ1) is 16.7. The molecule has 0 aliphatic rings. The Labute approximate surface area is 151 Å². The summed E-state index contributed by atoms with van der Waals surface area (Å²) in [6.45, 7) is 0. The van der Waals surface area contributed by atoms with Crippen LogP contribution < -0.4 is 5.32 Å². The van der Waals surface area contributed by atoms with E-state index >= 15 is 0 Å². The minimum atomic E-state index is -0.0992. The highest BCUT2D eigenvalue weighted by Gasteiger charge is 2.13. The number of carbonyl (C=O) groups is 1. The average Bonchev–Trinajstić information content (AvgIpc) is 2.97. The Balaban J connectivity index is 1.64. The van der Waals surface area contributed by atoms with Crippen molar-refractivity contribution in [3.8, 4) is 11.4 Å². The van der Waals surface area contributed by atoms with Crippen molar-refractivity contribution in [2.24, 2.45) is 7.05 Å². The number of hydrogen-bond acceptors (Lipinski definition) is 5. The molecule has 0 aliphatic carbocycles. The minimum absolute atomic E-state index is 0.0992. The summed E-state index contributed by atoms with van der Waals surface area (Å²) in [5.74, 6) is 0.870. The van der Waals surface area contributed by atoms with E-state index in [1.165, 1.54) is 11.8 Å². The standard InChI is InChI=1S/C16H14BrN5OS/c1-22-15(11-5-4-8-18-9-11)20-21-16(22)24-10-14(23)19-13-7-3-2-6-12(13)17/h2-9H,10H2,1H3,(H,19,23). The number of benzene rings is 1. The largest absolute Gasteiger partial charge is 0.324 e. The van der Waals surface area contributed by atoms with Crippen molar-refractivity contribution < 1.29 is 4.79 Å². The van der Waals surface area contributed by atoms with E-state index in [9.17, 15) is 4.79 Å². The highest BCUT2D eigenvalue weighted by molar-refractivity contribution is 9.10. The maximum Gasteiger partial charge on any atom is 0.234 e. The van der Waals surface area contributed by atoms with Gasteiger partial charge in [-0.2, -0.15) is 0 Å². The molecule has 1 amide bonds. The number of amides is 1. The van der Waals surface area contributed by atoms with Gasteiger partial charge in [0.25, 0.3) is 0 Å². The van der Waals surface area contributed by atoms with E-state index < -0.39 is 0 Å². The normalized spacial score (nSPS) is 10.6. The van der Waals surface area contributed by atoms with Gasteiger partial charge < -0.3 is 9.88 Å². The van der Waals surface area contributed by atoms with Gasteiger partial charge in [-0.25, -0.2) is 0 Å². The van der Waals surface area contributed by atoms with Gasteiger partial charge in [0.2, 0.25) is 5.91 Å². The number of hydrogen-bond donors (Lipinski definition) is 1. The lowest BCUT2D eigenvalue weighted by Crippen LogP contribution is -2.14. The summed E-state index contributed by atoms with van der Waals surface area (Å²) in [6, 6.07) is 11.3. The first-order chi connectivity index (χ1) is 11.6. The third-order valence-corrected chi connectivity index (χ3v) is 4.95. The number of aromatic nitrogens is 4. The molecule has 0 spiro atoms. The minimum Gasteiger partial charge on any atom is -0.324 e. The molecule has 24 heavy (non-hydrogen) atoms. The molecular weight excluding hydrogens is 390 g/mol. The molecule has 1 aromatic carbocycles. The number of nitrogens with one attached hydrogen (secondary N) is 1. The van der Waals surface area contributed by atoms with Crippen LogP contribution in [0.5, 0.6) is 0 Å². The fourth-order valence-corrected chi connectivity index (χ4v) is 3.16. The smallest absolute Gasteiger partial charge is 0.234 e. The first-order valence-corrected chi connectivity index (χ1v) is 8.90. The molecule has 3 rings (SSSR count). The predicted molar refractivity (Wildman–Crippen MR) is 97.7 cm³/mol. The topological polar surface area (TPSA) is 72.7 Å². The zero-order valence-corrected chi connectivity index (χ0v) is 15.2. The van der Waals surface area contributed by atoms with Gasteiger partial charge in [-0.3, -0.25) is 9.78 Å². The van der Waals surface area contributed by atoms with Crippen LogP contribution in [0.1, 0.15) is 0 Å². The molecule has 0 saturated carbocycles. The second-order valence-electron chi connectivity index (χ2n) is 4.92. The molecule has 2 aromatic heterocycles. The van der Waals surface area contributed by atoms with E-state index in [0.29, 0.717) is 5.16 Å². The van der Waals surface area contributed by atoms with Crippen molar-refractivity contribution >= 4 is 39.3 Å². The molecule has 1 N–H and O–H groups in total. The predicted octanol–water partition coefficient (Wildman–Crippen LogP) is 3.37. The van der Waals surface area contributed by atoms with Gasteiger partial charge in [-0.05, 0) is 40.2 Å². The summed E-state index contributed by atoms with van der Waals surface area (Å²) in [5.41, 5.74) is 1.63. The molecule has 0 fully saturated rings. The van der Waals surface area contributed by atoms with Crippen LogP contribution >= 0.6 is 27.7 Å².